The van der Waals surface area contributed by atoms with Gasteiger partial charge < -0.3 is 0 Å². The summed E-state index contributed by atoms with van der Waals surface area (Å²) in [6.45, 7) is 6.01. The van der Waals surface area contributed by atoms with E-state index in [1.54, 1.807) is 0 Å². The molecular weight excluding hydrogens is 202 g/mol. The first-order valence-electron chi connectivity index (χ1n) is 5.49. The molecule has 1 N–H and O–H groups in total. The Kier molecular flexibility index (Phi) is 2.94. The van der Waals surface area contributed by atoms with E-state index in [0.717, 1.165) is 35.6 Å². The zero-order valence-electron chi connectivity index (χ0n) is 9.78. The van der Waals surface area contributed by atoms with Crippen molar-refractivity contribution in [2.24, 2.45) is 0 Å². The van der Waals surface area contributed by atoms with Gasteiger partial charge in [-0.1, -0.05) is 13.8 Å². The second-order valence-corrected chi connectivity index (χ2v) is 3.66. The molecule has 0 fully saturated rings. The molecule has 5 heteroatoms. The van der Waals surface area contributed by atoms with Gasteiger partial charge >= 0.3 is 0 Å². The van der Waals surface area contributed by atoms with E-state index >= 15 is 0 Å². The van der Waals surface area contributed by atoms with E-state index in [4.69, 9.17) is 0 Å². The van der Waals surface area contributed by atoms with Crippen molar-refractivity contribution in [1.82, 2.24) is 25.4 Å². The molecule has 0 atom stereocenters. The van der Waals surface area contributed by atoms with Gasteiger partial charge in [-0.05, 0) is 19.4 Å². The summed E-state index contributed by atoms with van der Waals surface area (Å²) >= 11 is 0. The predicted octanol–water partition coefficient (Wildman–Crippen LogP) is 1.69. The lowest BCUT2D eigenvalue weighted by Gasteiger charge is -2.02. The number of aromatic nitrogens is 5. The number of nitrogens with one attached hydrogen (secondary N) is 1. The highest BCUT2D eigenvalue weighted by atomic mass is 15.2. The summed E-state index contributed by atoms with van der Waals surface area (Å²) < 4.78 is 0. The van der Waals surface area contributed by atoms with E-state index in [9.17, 15) is 0 Å². The van der Waals surface area contributed by atoms with Crippen molar-refractivity contribution in [2.75, 3.05) is 0 Å². The highest BCUT2D eigenvalue weighted by Crippen LogP contribution is 2.19. The average Bonchev–Trinajstić information content (AvgIpc) is 2.77. The molecule has 84 valence electrons. The summed E-state index contributed by atoms with van der Waals surface area (Å²) in [6.07, 6.45) is 1.69. The van der Waals surface area contributed by atoms with Crippen LogP contribution in [0.15, 0.2) is 6.07 Å². The lowest BCUT2D eigenvalue weighted by atomic mass is 10.1. The fourth-order valence-corrected chi connectivity index (χ4v) is 1.54. The number of nitrogens with zero attached hydrogens (tertiary/aromatic N) is 4. The zero-order valence-corrected chi connectivity index (χ0v) is 9.78. The van der Waals surface area contributed by atoms with Crippen LogP contribution in [0.5, 0.6) is 0 Å². The fourth-order valence-electron chi connectivity index (χ4n) is 1.54. The monoisotopic (exact) mass is 217 g/mol. The van der Waals surface area contributed by atoms with Crippen molar-refractivity contribution in [3.8, 4) is 11.4 Å². The Morgan fingerprint density at radius 2 is 2.00 bits per heavy atom. The molecule has 0 aliphatic heterocycles. The third kappa shape index (κ3) is 1.93. The Hall–Kier alpha value is -1.78. The summed E-state index contributed by atoms with van der Waals surface area (Å²) in [4.78, 5) is 4.41. The minimum atomic E-state index is 0.715. The summed E-state index contributed by atoms with van der Waals surface area (Å²) in [7, 11) is 0. The van der Waals surface area contributed by atoms with Crippen molar-refractivity contribution in [2.45, 2.75) is 33.6 Å². The topological polar surface area (TPSA) is 67.3 Å². The van der Waals surface area contributed by atoms with Crippen LogP contribution in [0.2, 0.25) is 0 Å². The van der Waals surface area contributed by atoms with Crippen LogP contribution < -0.4 is 0 Å². The van der Waals surface area contributed by atoms with Gasteiger partial charge in [-0.3, -0.25) is 5.10 Å². The van der Waals surface area contributed by atoms with Crippen LogP contribution in [-0.4, -0.2) is 25.4 Å². The first-order chi connectivity index (χ1) is 7.74. The maximum Gasteiger partial charge on any atom is 0.183 e. The van der Waals surface area contributed by atoms with Crippen LogP contribution in [0.3, 0.4) is 0 Å². The Bertz CT molecular complexity index is 489. The van der Waals surface area contributed by atoms with Gasteiger partial charge in [0.2, 0.25) is 0 Å². The quantitative estimate of drug-likeness (QED) is 0.849. The van der Waals surface area contributed by atoms with E-state index < -0.39 is 0 Å². The molecule has 0 saturated carbocycles. The van der Waals surface area contributed by atoms with Crippen molar-refractivity contribution < 1.29 is 0 Å². The molecule has 16 heavy (non-hydrogen) atoms. The van der Waals surface area contributed by atoms with Crippen molar-refractivity contribution in [1.29, 1.82) is 0 Å². The molecule has 2 rings (SSSR count). The maximum absolute atomic E-state index is 4.41. The third-order valence-electron chi connectivity index (χ3n) is 2.43. The van der Waals surface area contributed by atoms with Crippen LogP contribution in [-0.2, 0) is 12.8 Å². The smallest absolute Gasteiger partial charge is 0.183 e. The summed E-state index contributed by atoms with van der Waals surface area (Å²) in [5.41, 5.74) is 2.80. The van der Waals surface area contributed by atoms with Gasteiger partial charge in [-0.25, -0.2) is 4.98 Å². The Morgan fingerprint density at radius 1 is 1.19 bits per heavy atom. The molecular formula is C11H15N5. The molecule has 0 bridgehead atoms. The molecule has 0 aliphatic carbocycles. The molecule has 0 amide bonds. The minimum Gasteiger partial charge on any atom is -0.263 e. The molecule has 0 aromatic carbocycles. The normalized spacial score (nSPS) is 10.7. The number of H-pyrrole nitrogens is 1. The molecule has 0 aliphatic rings. The summed E-state index contributed by atoms with van der Waals surface area (Å²) in [6, 6.07) is 1.98. The van der Waals surface area contributed by atoms with Crippen molar-refractivity contribution in [3.63, 3.8) is 0 Å². The highest BCUT2D eigenvalue weighted by Gasteiger charge is 2.11. The Labute approximate surface area is 94.3 Å². The van der Waals surface area contributed by atoms with E-state index in [0.29, 0.717) is 5.82 Å². The molecule has 2 aromatic rings. The molecule has 2 aromatic heterocycles. The van der Waals surface area contributed by atoms with Crippen LogP contribution in [0.25, 0.3) is 11.4 Å². The van der Waals surface area contributed by atoms with Crippen molar-refractivity contribution in [3.05, 3.63) is 23.3 Å². The van der Waals surface area contributed by atoms with Gasteiger partial charge in [0.15, 0.2) is 5.82 Å². The molecule has 0 saturated heterocycles. The maximum atomic E-state index is 4.41. The molecule has 5 nitrogen and oxygen atoms in total. The minimum absolute atomic E-state index is 0.715. The highest BCUT2D eigenvalue weighted by molar-refractivity contribution is 5.57. The van der Waals surface area contributed by atoms with E-state index in [-0.39, 0.29) is 0 Å². The van der Waals surface area contributed by atoms with Gasteiger partial charge in [0, 0.05) is 12.0 Å². The van der Waals surface area contributed by atoms with Gasteiger partial charge in [-0.15, -0.1) is 0 Å². The van der Waals surface area contributed by atoms with E-state index in [2.05, 4.69) is 32.3 Å². The zero-order chi connectivity index (χ0) is 11.5. The molecule has 0 spiro atoms. The SMILES string of the molecule is CCc1nc(-c2cc(C)nnc2CC)n[nH]1. The Morgan fingerprint density at radius 3 is 2.62 bits per heavy atom. The second kappa shape index (κ2) is 4.38. The fraction of sp³-hybridized carbons (Fsp3) is 0.455. The number of hydrogen-bond donors (Lipinski definition) is 1. The number of aromatic amines is 1. The van der Waals surface area contributed by atoms with Crippen LogP contribution in [0, 0.1) is 6.92 Å². The molecule has 0 unspecified atom stereocenters. The number of aryl methyl sites for hydroxylation is 3. The van der Waals surface area contributed by atoms with Crippen LogP contribution in [0.1, 0.15) is 31.1 Å². The van der Waals surface area contributed by atoms with E-state index in [1.807, 2.05) is 19.9 Å². The first kappa shape index (κ1) is 10.7. The largest absolute Gasteiger partial charge is 0.263 e. The lowest BCUT2D eigenvalue weighted by Crippen LogP contribution is -1.98. The van der Waals surface area contributed by atoms with Crippen LogP contribution >= 0.6 is 0 Å². The summed E-state index contributed by atoms with van der Waals surface area (Å²) in [5.74, 6) is 1.61. The number of rotatable bonds is 3. The lowest BCUT2D eigenvalue weighted by molar-refractivity contribution is 0.892. The Balaban J connectivity index is 2.49. The van der Waals surface area contributed by atoms with E-state index in [1.165, 1.54) is 0 Å². The standard InChI is InChI=1S/C11H15N5/c1-4-9-8(6-7(3)13-14-9)11-12-10(5-2)15-16-11/h6H,4-5H2,1-3H3,(H,12,15,16). The van der Waals surface area contributed by atoms with Gasteiger partial charge in [0.1, 0.15) is 5.82 Å². The van der Waals surface area contributed by atoms with Gasteiger partial charge in [0.05, 0.1) is 11.4 Å². The third-order valence-corrected chi connectivity index (χ3v) is 2.43. The van der Waals surface area contributed by atoms with Crippen molar-refractivity contribution >= 4 is 0 Å². The molecule has 0 radical (unpaired) electrons. The first-order valence-corrected chi connectivity index (χ1v) is 5.49. The number of hydrogen-bond acceptors (Lipinski definition) is 4. The van der Waals surface area contributed by atoms with Gasteiger partial charge in [0.25, 0.3) is 0 Å². The summed E-state index contributed by atoms with van der Waals surface area (Å²) in [5, 5.41) is 15.3. The van der Waals surface area contributed by atoms with Gasteiger partial charge in [-0.2, -0.15) is 15.3 Å². The predicted molar refractivity (Wildman–Crippen MR) is 60.9 cm³/mol. The average molecular weight is 217 g/mol. The second-order valence-electron chi connectivity index (χ2n) is 3.66. The molecule has 2 heterocycles. The van der Waals surface area contributed by atoms with Crippen LogP contribution in [0.4, 0.5) is 0 Å².